The van der Waals surface area contributed by atoms with Gasteiger partial charge in [0.25, 0.3) is 0 Å². The van der Waals surface area contributed by atoms with E-state index < -0.39 is 0 Å². The van der Waals surface area contributed by atoms with E-state index in [0.29, 0.717) is 18.0 Å². The number of ether oxygens (including phenoxy) is 1. The third-order valence-electron chi connectivity index (χ3n) is 3.76. The largest absolute Gasteiger partial charge is 0.381 e. The highest BCUT2D eigenvalue weighted by Crippen LogP contribution is 2.28. The monoisotopic (exact) mass is 233 g/mol. The first-order chi connectivity index (χ1) is 7.01. The van der Waals surface area contributed by atoms with Gasteiger partial charge in [0.15, 0.2) is 0 Å². The van der Waals surface area contributed by atoms with Gasteiger partial charge in [0.2, 0.25) is 0 Å². The minimum absolute atomic E-state index is 0.0852. The zero-order chi connectivity index (χ0) is 11.5. The highest BCUT2D eigenvalue weighted by Gasteiger charge is 2.32. The molecule has 0 amide bonds. The first-order valence-electron chi connectivity index (χ1n) is 5.83. The normalized spacial score (nSPS) is 28.4. The number of halogens is 1. The average molecular weight is 234 g/mol. The quantitative estimate of drug-likeness (QED) is 0.693. The summed E-state index contributed by atoms with van der Waals surface area (Å²) in [5.74, 6) is 0.678. The summed E-state index contributed by atoms with van der Waals surface area (Å²) in [5.41, 5.74) is 0.0852. The molecule has 0 radical (unpaired) electrons. The number of methoxy groups -OCH3 is 1. The Hall–Kier alpha value is 0.210. The van der Waals surface area contributed by atoms with Crippen LogP contribution < -0.4 is 0 Å². The fraction of sp³-hybridized carbons (Fsp3) is 1.00. The van der Waals surface area contributed by atoms with Gasteiger partial charge in [-0.3, -0.25) is 4.90 Å². The Balaban J connectivity index is 2.55. The lowest BCUT2D eigenvalue weighted by atomic mass is 9.89. The highest BCUT2D eigenvalue weighted by atomic mass is 35.5. The zero-order valence-electron chi connectivity index (χ0n) is 10.4. The van der Waals surface area contributed by atoms with Gasteiger partial charge in [-0.25, -0.2) is 0 Å². The van der Waals surface area contributed by atoms with Crippen molar-refractivity contribution in [3.63, 3.8) is 0 Å². The van der Waals surface area contributed by atoms with Crippen LogP contribution in [0.4, 0.5) is 0 Å². The number of nitrogens with zero attached hydrogens (tertiary/aromatic N) is 1. The first kappa shape index (κ1) is 13.3. The first-order valence-corrected chi connectivity index (χ1v) is 6.36. The Morgan fingerprint density at radius 1 is 1.40 bits per heavy atom. The van der Waals surface area contributed by atoms with Gasteiger partial charge < -0.3 is 4.74 Å². The fourth-order valence-corrected chi connectivity index (χ4v) is 2.46. The Bertz CT molecular complexity index is 196. The van der Waals surface area contributed by atoms with Crippen LogP contribution in [0.1, 0.15) is 39.5 Å². The van der Waals surface area contributed by atoms with E-state index in [1.807, 2.05) is 7.11 Å². The minimum atomic E-state index is 0.0852. The van der Waals surface area contributed by atoms with Crippen molar-refractivity contribution in [3.8, 4) is 0 Å². The molecule has 2 nitrogen and oxygen atoms in total. The Labute approximate surface area is 98.9 Å². The van der Waals surface area contributed by atoms with Crippen LogP contribution in [0, 0.1) is 0 Å². The maximum absolute atomic E-state index is 6.00. The van der Waals surface area contributed by atoms with Crippen LogP contribution in [0.2, 0.25) is 0 Å². The molecular formula is C12H24ClNO. The van der Waals surface area contributed by atoms with E-state index in [0.717, 1.165) is 6.42 Å². The summed E-state index contributed by atoms with van der Waals surface area (Å²) in [6, 6.07) is 0.623. The molecule has 0 heterocycles. The van der Waals surface area contributed by atoms with Crippen molar-refractivity contribution in [1.29, 1.82) is 0 Å². The van der Waals surface area contributed by atoms with Crippen molar-refractivity contribution in [3.05, 3.63) is 0 Å². The van der Waals surface area contributed by atoms with Crippen LogP contribution in [0.3, 0.4) is 0 Å². The third-order valence-corrected chi connectivity index (χ3v) is 4.42. The SMILES string of the molecule is COC1CCCC(N(C)C(C)(C)CCl)C1. The van der Waals surface area contributed by atoms with E-state index in [-0.39, 0.29) is 5.54 Å². The lowest BCUT2D eigenvalue weighted by molar-refractivity contribution is 0.0111. The summed E-state index contributed by atoms with van der Waals surface area (Å²) < 4.78 is 5.46. The van der Waals surface area contributed by atoms with Crippen LogP contribution in [0.15, 0.2) is 0 Å². The van der Waals surface area contributed by atoms with E-state index in [9.17, 15) is 0 Å². The summed E-state index contributed by atoms with van der Waals surface area (Å²) >= 11 is 6.00. The van der Waals surface area contributed by atoms with E-state index in [1.54, 1.807) is 0 Å². The molecule has 0 aliphatic heterocycles. The molecule has 15 heavy (non-hydrogen) atoms. The predicted molar refractivity (Wildman–Crippen MR) is 65.6 cm³/mol. The molecule has 3 heteroatoms. The second kappa shape index (κ2) is 5.51. The highest BCUT2D eigenvalue weighted by molar-refractivity contribution is 6.18. The molecule has 0 N–H and O–H groups in total. The van der Waals surface area contributed by atoms with Crippen molar-refractivity contribution in [1.82, 2.24) is 4.90 Å². The molecular weight excluding hydrogens is 210 g/mol. The van der Waals surface area contributed by atoms with Crippen LogP contribution in [-0.4, -0.2) is 42.6 Å². The summed E-state index contributed by atoms with van der Waals surface area (Å²) in [6.07, 6.45) is 5.34. The molecule has 0 saturated heterocycles. The van der Waals surface area contributed by atoms with Gasteiger partial charge >= 0.3 is 0 Å². The van der Waals surface area contributed by atoms with Crippen molar-refractivity contribution in [2.45, 2.75) is 57.2 Å². The predicted octanol–water partition coefficient (Wildman–Crippen LogP) is 2.89. The Morgan fingerprint density at radius 2 is 2.07 bits per heavy atom. The number of alkyl halides is 1. The van der Waals surface area contributed by atoms with Crippen molar-refractivity contribution in [2.75, 3.05) is 20.0 Å². The van der Waals surface area contributed by atoms with Crippen LogP contribution in [-0.2, 0) is 4.74 Å². The van der Waals surface area contributed by atoms with Gasteiger partial charge in [-0.15, -0.1) is 11.6 Å². The van der Waals surface area contributed by atoms with Gasteiger partial charge in [0.1, 0.15) is 0 Å². The second-order valence-electron chi connectivity index (χ2n) is 5.24. The summed E-state index contributed by atoms with van der Waals surface area (Å²) in [6.45, 7) is 4.41. The number of hydrogen-bond acceptors (Lipinski definition) is 2. The molecule has 0 spiro atoms. The van der Waals surface area contributed by atoms with Crippen molar-refractivity contribution in [2.24, 2.45) is 0 Å². The van der Waals surface area contributed by atoms with Gasteiger partial charge in [-0.05, 0) is 46.6 Å². The van der Waals surface area contributed by atoms with E-state index in [4.69, 9.17) is 16.3 Å². The molecule has 1 saturated carbocycles. The molecule has 1 fully saturated rings. The molecule has 0 aromatic rings. The van der Waals surface area contributed by atoms with Crippen LogP contribution >= 0.6 is 11.6 Å². The van der Waals surface area contributed by atoms with Crippen LogP contribution in [0.25, 0.3) is 0 Å². The van der Waals surface area contributed by atoms with Crippen molar-refractivity contribution >= 4 is 11.6 Å². The number of hydrogen-bond donors (Lipinski definition) is 0. The molecule has 1 aliphatic rings. The lowest BCUT2D eigenvalue weighted by Gasteiger charge is -2.43. The molecule has 1 aliphatic carbocycles. The van der Waals surface area contributed by atoms with Crippen LogP contribution in [0.5, 0.6) is 0 Å². The minimum Gasteiger partial charge on any atom is -0.381 e. The lowest BCUT2D eigenvalue weighted by Crippen LogP contribution is -2.50. The molecule has 0 bridgehead atoms. The molecule has 2 unspecified atom stereocenters. The number of rotatable bonds is 4. The zero-order valence-corrected chi connectivity index (χ0v) is 11.2. The molecule has 1 rings (SSSR count). The summed E-state index contributed by atoms with van der Waals surface area (Å²) in [7, 11) is 4.00. The Morgan fingerprint density at radius 3 is 2.60 bits per heavy atom. The molecule has 0 aromatic heterocycles. The topological polar surface area (TPSA) is 12.5 Å². The van der Waals surface area contributed by atoms with Crippen molar-refractivity contribution < 1.29 is 4.74 Å². The van der Waals surface area contributed by atoms with Gasteiger partial charge in [0.05, 0.1) is 6.10 Å². The maximum Gasteiger partial charge on any atom is 0.0586 e. The van der Waals surface area contributed by atoms with E-state index >= 15 is 0 Å². The van der Waals surface area contributed by atoms with Gasteiger partial charge in [-0.2, -0.15) is 0 Å². The second-order valence-corrected chi connectivity index (χ2v) is 5.50. The van der Waals surface area contributed by atoms with Gasteiger partial charge in [0, 0.05) is 24.6 Å². The van der Waals surface area contributed by atoms with E-state index in [2.05, 4.69) is 25.8 Å². The summed E-state index contributed by atoms with van der Waals surface area (Å²) in [4.78, 5) is 2.42. The third kappa shape index (κ3) is 3.33. The maximum atomic E-state index is 6.00. The standard InChI is InChI=1S/C12H24ClNO/c1-12(2,9-13)14(3)10-6-5-7-11(8-10)15-4/h10-11H,5-9H2,1-4H3. The summed E-state index contributed by atoms with van der Waals surface area (Å²) in [5, 5.41) is 0. The van der Waals surface area contributed by atoms with E-state index in [1.165, 1.54) is 19.3 Å². The fourth-order valence-electron chi connectivity index (χ4n) is 2.27. The van der Waals surface area contributed by atoms with Gasteiger partial charge in [-0.1, -0.05) is 0 Å². The smallest absolute Gasteiger partial charge is 0.0586 e. The molecule has 0 aromatic carbocycles. The average Bonchev–Trinajstić information content (AvgIpc) is 2.28. The molecule has 90 valence electrons. The molecule has 2 atom stereocenters. The Kier molecular flexibility index (Phi) is 4.88.